The van der Waals surface area contributed by atoms with E-state index in [1.807, 2.05) is 24.1 Å². The van der Waals surface area contributed by atoms with Crippen LogP contribution in [0.5, 0.6) is 0 Å². The summed E-state index contributed by atoms with van der Waals surface area (Å²) in [7, 11) is 0. The highest BCUT2D eigenvalue weighted by Crippen LogP contribution is 2.30. The van der Waals surface area contributed by atoms with E-state index in [-0.39, 0.29) is 16.7 Å². The van der Waals surface area contributed by atoms with Gasteiger partial charge in [-0.15, -0.1) is 0 Å². The first-order valence-corrected chi connectivity index (χ1v) is 12.4. The van der Waals surface area contributed by atoms with E-state index in [9.17, 15) is 4.39 Å². The summed E-state index contributed by atoms with van der Waals surface area (Å²) in [6.45, 7) is 10.8. The highest BCUT2D eigenvalue weighted by Gasteiger charge is 2.32. The van der Waals surface area contributed by atoms with Gasteiger partial charge in [0.05, 0.1) is 23.8 Å². The van der Waals surface area contributed by atoms with E-state index in [1.54, 1.807) is 25.3 Å². The fourth-order valence-electron chi connectivity index (χ4n) is 3.57. The van der Waals surface area contributed by atoms with Crippen LogP contribution in [0.25, 0.3) is 0 Å². The summed E-state index contributed by atoms with van der Waals surface area (Å²) in [6, 6.07) is -0.506. The van der Waals surface area contributed by atoms with Crippen LogP contribution < -0.4 is 4.90 Å². The molecule has 0 aromatic carbocycles. The van der Waals surface area contributed by atoms with E-state index < -0.39 is 6.04 Å². The molecule has 0 amide bonds. The Hall–Kier alpha value is -2.60. The van der Waals surface area contributed by atoms with Crippen LogP contribution in [0, 0.1) is 11.3 Å². The number of halogens is 2. The second-order valence-electron chi connectivity index (χ2n) is 8.79. The molecule has 0 bridgehead atoms. The van der Waals surface area contributed by atoms with Gasteiger partial charge in [-0.25, -0.2) is 9.37 Å². The van der Waals surface area contributed by atoms with Crippen molar-refractivity contribution >= 4 is 29.3 Å². The quantitative estimate of drug-likeness (QED) is 0.258. The first-order valence-electron chi connectivity index (χ1n) is 12.0. The highest BCUT2D eigenvalue weighted by molar-refractivity contribution is 6.29. The van der Waals surface area contributed by atoms with Gasteiger partial charge in [-0.05, 0) is 62.3 Å². The topological polar surface area (TPSA) is 65.2 Å². The van der Waals surface area contributed by atoms with Crippen molar-refractivity contribution < 1.29 is 4.39 Å². The van der Waals surface area contributed by atoms with Gasteiger partial charge in [-0.1, -0.05) is 57.4 Å². The minimum Gasteiger partial charge on any atom is -0.341 e. The third-order valence-electron chi connectivity index (χ3n) is 5.93. The average Bonchev–Trinajstić information content (AvgIpc) is 2.82. The van der Waals surface area contributed by atoms with E-state index in [0.717, 1.165) is 43.4 Å². The van der Waals surface area contributed by atoms with E-state index in [1.165, 1.54) is 12.3 Å². The van der Waals surface area contributed by atoms with Gasteiger partial charge in [0.25, 0.3) is 0 Å². The van der Waals surface area contributed by atoms with Crippen molar-refractivity contribution in [1.82, 2.24) is 9.97 Å². The predicted molar refractivity (Wildman–Crippen MR) is 143 cm³/mol. The zero-order valence-corrected chi connectivity index (χ0v) is 21.7. The van der Waals surface area contributed by atoms with Gasteiger partial charge in [-0.2, -0.15) is 0 Å². The molecule has 0 saturated carbocycles. The minimum absolute atomic E-state index is 0.245. The lowest BCUT2D eigenvalue weighted by atomic mass is 9.94. The molecule has 0 saturated heterocycles. The largest absolute Gasteiger partial charge is 0.341 e. The third-order valence-corrected chi connectivity index (χ3v) is 6.12. The summed E-state index contributed by atoms with van der Waals surface area (Å²) in [5.41, 5.74) is 2.56. The van der Waals surface area contributed by atoms with Crippen LogP contribution in [0.3, 0.4) is 0 Å². The molecule has 2 heterocycles. The highest BCUT2D eigenvalue weighted by atomic mass is 35.5. The first-order chi connectivity index (χ1) is 16.3. The third kappa shape index (κ3) is 8.01. The molecule has 34 heavy (non-hydrogen) atoms. The van der Waals surface area contributed by atoms with Gasteiger partial charge in [0, 0.05) is 12.8 Å². The van der Waals surface area contributed by atoms with Crippen molar-refractivity contribution in [2.24, 2.45) is 10.9 Å². The maximum atomic E-state index is 14.7. The maximum absolute atomic E-state index is 14.7. The molecule has 0 spiro atoms. The molecule has 0 fully saturated rings. The smallest absolute Gasteiger partial charge is 0.149 e. The van der Waals surface area contributed by atoms with Crippen molar-refractivity contribution in [3.63, 3.8) is 0 Å². The summed E-state index contributed by atoms with van der Waals surface area (Å²) >= 11 is 6.12. The number of hydrogen-bond donors (Lipinski definition) is 1. The molecule has 7 heteroatoms. The number of nitrogens with one attached hydrogen (secondary N) is 1. The number of hydrogen-bond acceptors (Lipinski definition) is 5. The summed E-state index contributed by atoms with van der Waals surface area (Å²) in [4.78, 5) is 15.4. The van der Waals surface area contributed by atoms with Crippen LogP contribution >= 0.6 is 11.6 Å². The molecular formula is C27H37ClFN5. The monoisotopic (exact) mass is 485 g/mol. The molecule has 0 aliphatic carbocycles. The fourth-order valence-corrected chi connectivity index (χ4v) is 3.71. The molecule has 184 valence electrons. The van der Waals surface area contributed by atoms with Gasteiger partial charge >= 0.3 is 0 Å². The van der Waals surface area contributed by atoms with Crippen molar-refractivity contribution in [3.05, 3.63) is 64.5 Å². The Morgan fingerprint density at radius 2 is 2.15 bits per heavy atom. The average molecular weight is 486 g/mol. The van der Waals surface area contributed by atoms with Crippen LogP contribution in [0.15, 0.2) is 64.4 Å². The number of allylic oxidation sites excluding steroid dienone is 5. The fraction of sp³-hybridized carbons (Fsp3) is 0.481. The Bertz CT molecular complexity index is 992. The molecule has 1 N–H and O–H groups in total. The van der Waals surface area contributed by atoms with E-state index >= 15 is 0 Å². The lowest BCUT2D eigenvalue weighted by molar-refractivity contribution is 0.591. The molecular weight excluding hydrogens is 449 g/mol. The summed E-state index contributed by atoms with van der Waals surface area (Å²) in [6.07, 6.45) is 16.4. The number of aliphatic imine (C=N–C) groups is 1. The minimum atomic E-state index is -0.506. The Morgan fingerprint density at radius 1 is 1.38 bits per heavy atom. The molecule has 2 rings (SSSR count). The molecule has 1 aliphatic heterocycles. The van der Waals surface area contributed by atoms with E-state index in [2.05, 4.69) is 30.7 Å². The second kappa shape index (κ2) is 14.0. The SMILES string of the molecule is CCC\C=C/C=C(F)\C(C)=C\C(=N)[C@H]1C(N=CCC(C)CC)=C(C)CCN1c1cncc(Cl)n1. The summed E-state index contributed by atoms with van der Waals surface area (Å²) < 4.78 is 14.7. The molecule has 1 aromatic rings. The van der Waals surface area contributed by atoms with Crippen LogP contribution in [-0.4, -0.2) is 34.5 Å². The zero-order chi connectivity index (χ0) is 25.1. The molecule has 2 atom stereocenters. The lowest BCUT2D eigenvalue weighted by Gasteiger charge is -2.37. The normalized spacial score (nSPS) is 18.9. The zero-order valence-electron chi connectivity index (χ0n) is 21.0. The van der Waals surface area contributed by atoms with Gasteiger partial charge in [-0.3, -0.25) is 9.98 Å². The van der Waals surface area contributed by atoms with E-state index in [4.69, 9.17) is 22.0 Å². The van der Waals surface area contributed by atoms with Gasteiger partial charge < -0.3 is 10.3 Å². The van der Waals surface area contributed by atoms with Gasteiger partial charge in [0.1, 0.15) is 22.8 Å². The molecule has 1 aliphatic rings. The molecule has 0 radical (unpaired) electrons. The number of aromatic nitrogens is 2. The second-order valence-corrected chi connectivity index (χ2v) is 9.17. The summed E-state index contributed by atoms with van der Waals surface area (Å²) in [5.74, 6) is 0.752. The van der Waals surface area contributed by atoms with Crippen molar-refractivity contribution in [2.75, 3.05) is 11.4 Å². The number of unbranched alkanes of at least 4 members (excludes halogenated alkanes) is 1. The van der Waals surface area contributed by atoms with Crippen LogP contribution in [0.1, 0.15) is 66.7 Å². The van der Waals surface area contributed by atoms with Crippen LogP contribution in [0.4, 0.5) is 10.2 Å². The van der Waals surface area contributed by atoms with Crippen molar-refractivity contribution in [2.45, 2.75) is 72.8 Å². The van der Waals surface area contributed by atoms with Crippen molar-refractivity contribution in [3.8, 4) is 0 Å². The summed E-state index contributed by atoms with van der Waals surface area (Å²) in [5, 5.41) is 9.23. The van der Waals surface area contributed by atoms with Gasteiger partial charge in [0.2, 0.25) is 0 Å². The number of rotatable bonds is 11. The first kappa shape index (κ1) is 27.6. The lowest BCUT2D eigenvalue weighted by Crippen LogP contribution is -2.46. The molecule has 1 unspecified atom stereocenters. The Labute approximate surface area is 208 Å². The standard InChI is InChI=1S/C27H37ClFN5/c1-6-8-9-10-11-22(29)21(5)16-23(30)27-26(32-14-12-19(3)7-2)20(4)13-15-34(27)25-18-31-17-24(28)33-25/h9-11,14,16-19,27,30H,6-8,12-13,15H2,1-5H3/b10-9-,21-16+,22-11+,30-23?,32-14?/t19?,27-/m0/s1. The molecule has 1 aromatic heterocycles. The van der Waals surface area contributed by atoms with Crippen molar-refractivity contribution in [1.29, 1.82) is 5.41 Å². The van der Waals surface area contributed by atoms with Gasteiger partial charge in [0.15, 0.2) is 0 Å². The van der Waals surface area contributed by atoms with Crippen LogP contribution in [0.2, 0.25) is 5.15 Å². The number of nitrogens with zero attached hydrogens (tertiary/aromatic N) is 4. The Balaban J connectivity index is 2.44. The predicted octanol–water partition coefficient (Wildman–Crippen LogP) is 7.67. The Morgan fingerprint density at radius 3 is 2.82 bits per heavy atom. The maximum Gasteiger partial charge on any atom is 0.149 e. The molecule has 5 nitrogen and oxygen atoms in total. The van der Waals surface area contributed by atoms with Crippen LogP contribution in [-0.2, 0) is 0 Å². The number of anilines is 1. The Kier molecular flexibility index (Phi) is 11.3. The van der Waals surface area contributed by atoms with E-state index in [0.29, 0.717) is 23.9 Å².